The molecule has 0 unspecified atom stereocenters. The summed E-state index contributed by atoms with van der Waals surface area (Å²) in [5, 5.41) is 5.50. The average molecular weight is 382 g/mol. The SMILES string of the molecule is CCOc1ccc2c(c1)C=C(C(=O)Nc1cc(NC(C)=O)ccc1OC)CO2. The number of amides is 2. The topological polar surface area (TPSA) is 85.9 Å². The van der Waals surface area contributed by atoms with E-state index < -0.39 is 0 Å². The normalized spacial score (nSPS) is 12.2. The highest BCUT2D eigenvalue weighted by Crippen LogP contribution is 2.32. The summed E-state index contributed by atoms with van der Waals surface area (Å²) in [6.45, 7) is 4.04. The molecule has 0 aromatic heterocycles. The third kappa shape index (κ3) is 4.43. The van der Waals surface area contributed by atoms with Gasteiger partial charge in [-0.2, -0.15) is 0 Å². The zero-order valence-corrected chi connectivity index (χ0v) is 16.0. The molecule has 7 heteroatoms. The number of fused-ring (bicyclic) bond motifs is 1. The molecule has 0 spiro atoms. The van der Waals surface area contributed by atoms with Gasteiger partial charge in [-0.3, -0.25) is 9.59 Å². The monoisotopic (exact) mass is 382 g/mol. The van der Waals surface area contributed by atoms with Crippen LogP contribution in [0.4, 0.5) is 11.4 Å². The molecular formula is C21H22N2O5. The number of hydrogen-bond acceptors (Lipinski definition) is 5. The summed E-state index contributed by atoms with van der Waals surface area (Å²) in [6.07, 6.45) is 1.78. The van der Waals surface area contributed by atoms with Gasteiger partial charge in [0.15, 0.2) is 0 Å². The van der Waals surface area contributed by atoms with Crippen molar-refractivity contribution in [2.75, 3.05) is 31.0 Å². The molecule has 0 atom stereocenters. The highest BCUT2D eigenvalue weighted by atomic mass is 16.5. The Hall–Kier alpha value is -3.48. The van der Waals surface area contributed by atoms with E-state index in [9.17, 15) is 9.59 Å². The van der Waals surface area contributed by atoms with E-state index in [0.717, 1.165) is 5.56 Å². The Morgan fingerprint density at radius 2 is 1.96 bits per heavy atom. The smallest absolute Gasteiger partial charge is 0.255 e. The van der Waals surface area contributed by atoms with Crippen LogP contribution in [0.15, 0.2) is 42.0 Å². The number of benzene rings is 2. The molecule has 3 rings (SSSR count). The summed E-state index contributed by atoms with van der Waals surface area (Å²) in [5.74, 6) is 1.38. The van der Waals surface area contributed by atoms with Crippen molar-refractivity contribution in [3.63, 3.8) is 0 Å². The van der Waals surface area contributed by atoms with Crippen LogP contribution in [0.1, 0.15) is 19.4 Å². The predicted octanol–water partition coefficient (Wildman–Crippen LogP) is 3.47. The van der Waals surface area contributed by atoms with Crippen molar-refractivity contribution < 1.29 is 23.8 Å². The summed E-state index contributed by atoms with van der Waals surface area (Å²) in [5.41, 5.74) is 2.26. The second-order valence-corrected chi connectivity index (χ2v) is 6.14. The van der Waals surface area contributed by atoms with Gasteiger partial charge >= 0.3 is 0 Å². The lowest BCUT2D eigenvalue weighted by Crippen LogP contribution is -2.21. The quantitative estimate of drug-likeness (QED) is 0.799. The first-order valence-electron chi connectivity index (χ1n) is 8.87. The number of ether oxygens (including phenoxy) is 3. The van der Waals surface area contributed by atoms with Gasteiger partial charge in [-0.15, -0.1) is 0 Å². The number of anilines is 2. The summed E-state index contributed by atoms with van der Waals surface area (Å²) >= 11 is 0. The van der Waals surface area contributed by atoms with Crippen LogP contribution in [0, 0.1) is 0 Å². The molecule has 1 heterocycles. The van der Waals surface area contributed by atoms with E-state index in [1.54, 1.807) is 24.3 Å². The zero-order valence-electron chi connectivity index (χ0n) is 16.0. The first-order valence-corrected chi connectivity index (χ1v) is 8.87. The van der Waals surface area contributed by atoms with Crippen LogP contribution in [0.5, 0.6) is 17.2 Å². The number of hydrogen-bond donors (Lipinski definition) is 2. The Balaban J connectivity index is 1.83. The third-order valence-corrected chi connectivity index (χ3v) is 4.06. The van der Waals surface area contributed by atoms with E-state index in [-0.39, 0.29) is 18.4 Å². The van der Waals surface area contributed by atoms with E-state index in [1.165, 1.54) is 14.0 Å². The molecule has 0 radical (unpaired) electrons. The van der Waals surface area contributed by atoms with Gasteiger partial charge in [0.05, 0.1) is 25.0 Å². The van der Waals surface area contributed by atoms with Crippen LogP contribution < -0.4 is 24.8 Å². The van der Waals surface area contributed by atoms with Crippen LogP contribution in [0.3, 0.4) is 0 Å². The van der Waals surface area contributed by atoms with E-state index in [1.807, 2.05) is 25.1 Å². The van der Waals surface area contributed by atoms with Crippen molar-refractivity contribution in [1.82, 2.24) is 0 Å². The molecule has 1 aliphatic heterocycles. The number of carbonyl (C=O) groups excluding carboxylic acids is 2. The number of carbonyl (C=O) groups is 2. The number of methoxy groups -OCH3 is 1. The molecule has 0 bridgehead atoms. The minimum absolute atomic E-state index is 0.153. The van der Waals surface area contributed by atoms with Gasteiger partial charge in [0.25, 0.3) is 5.91 Å². The highest BCUT2D eigenvalue weighted by Gasteiger charge is 2.19. The van der Waals surface area contributed by atoms with E-state index >= 15 is 0 Å². The van der Waals surface area contributed by atoms with Crippen molar-refractivity contribution in [3.8, 4) is 17.2 Å². The first kappa shape index (κ1) is 19.3. The van der Waals surface area contributed by atoms with Crippen molar-refractivity contribution in [3.05, 3.63) is 47.5 Å². The third-order valence-electron chi connectivity index (χ3n) is 4.06. The summed E-state index contributed by atoms with van der Waals surface area (Å²) < 4.78 is 16.5. The van der Waals surface area contributed by atoms with E-state index in [2.05, 4.69) is 10.6 Å². The van der Waals surface area contributed by atoms with Crippen LogP contribution >= 0.6 is 0 Å². The Labute approximate surface area is 163 Å². The maximum Gasteiger partial charge on any atom is 0.255 e. The molecular weight excluding hydrogens is 360 g/mol. The molecule has 1 aliphatic rings. The predicted molar refractivity (Wildman–Crippen MR) is 107 cm³/mol. The van der Waals surface area contributed by atoms with Crippen molar-refractivity contribution in [1.29, 1.82) is 0 Å². The lowest BCUT2D eigenvalue weighted by molar-refractivity contribution is -0.114. The number of nitrogens with one attached hydrogen (secondary N) is 2. The molecule has 7 nitrogen and oxygen atoms in total. The molecule has 0 aliphatic carbocycles. The summed E-state index contributed by atoms with van der Waals surface area (Å²) in [4.78, 5) is 24.0. The van der Waals surface area contributed by atoms with Gasteiger partial charge in [0.2, 0.25) is 5.91 Å². The average Bonchev–Trinajstić information content (AvgIpc) is 2.67. The molecule has 28 heavy (non-hydrogen) atoms. The van der Waals surface area contributed by atoms with Crippen LogP contribution in [0.25, 0.3) is 6.08 Å². The lowest BCUT2D eigenvalue weighted by atomic mass is 10.1. The van der Waals surface area contributed by atoms with Crippen LogP contribution in [0.2, 0.25) is 0 Å². The molecule has 2 aromatic rings. The van der Waals surface area contributed by atoms with Gasteiger partial charge in [0.1, 0.15) is 23.9 Å². The Bertz CT molecular complexity index is 936. The first-order chi connectivity index (χ1) is 13.5. The van der Waals surface area contributed by atoms with Crippen LogP contribution in [-0.2, 0) is 9.59 Å². The van der Waals surface area contributed by atoms with Crippen molar-refractivity contribution >= 4 is 29.3 Å². The van der Waals surface area contributed by atoms with Crippen molar-refractivity contribution in [2.24, 2.45) is 0 Å². The standard InChI is InChI=1S/C21H22N2O5/c1-4-27-17-6-8-19-14(10-17)9-15(12-28-19)21(25)23-18-11-16(22-13(2)24)5-7-20(18)26-3/h5-11H,4,12H2,1-3H3,(H,22,24)(H,23,25). The zero-order chi connectivity index (χ0) is 20.1. The maximum atomic E-state index is 12.8. The molecule has 0 fully saturated rings. The fraction of sp³-hybridized carbons (Fsp3) is 0.238. The van der Waals surface area contributed by atoms with Gasteiger partial charge in [-0.05, 0) is 49.4 Å². The fourth-order valence-electron chi connectivity index (χ4n) is 2.83. The van der Waals surface area contributed by atoms with Crippen molar-refractivity contribution in [2.45, 2.75) is 13.8 Å². The Kier molecular flexibility index (Phi) is 5.84. The molecule has 0 saturated carbocycles. The minimum Gasteiger partial charge on any atom is -0.495 e. The van der Waals surface area contributed by atoms with Gasteiger partial charge in [-0.25, -0.2) is 0 Å². The Morgan fingerprint density at radius 3 is 2.68 bits per heavy atom. The largest absolute Gasteiger partial charge is 0.495 e. The molecule has 2 aromatic carbocycles. The van der Waals surface area contributed by atoms with Gasteiger partial charge < -0.3 is 24.8 Å². The molecule has 2 amide bonds. The summed E-state index contributed by atoms with van der Waals surface area (Å²) in [6, 6.07) is 10.5. The van der Waals surface area contributed by atoms with Gasteiger partial charge in [-0.1, -0.05) is 0 Å². The molecule has 2 N–H and O–H groups in total. The van der Waals surface area contributed by atoms with Gasteiger partial charge in [0, 0.05) is 18.2 Å². The molecule has 0 saturated heterocycles. The second-order valence-electron chi connectivity index (χ2n) is 6.14. The number of rotatable bonds is 6. The lowest BCUT2D eigenvalue weighted by Gasteiger charge is -2.19. The fourth-order valence-corrected chi connectivity index (χ4v) is 2.83. The summed E-state index contributed by atoms with van der Waals surface area (Å²) in [7, 11) is 1.51. The highest BCUT2D eigenvalue weighted by molar-refractivity contribution is 6.08. The van der Waals surface area contributed by atoms with E-state index in [4.69, 9.17) is 14.2 Å². The van der Waals surface area contributed by atoms with Crippen LogP contribution in [-0.4, -0.2) is 32.1 Å². The minimum atomic E-state index is -0.314. The Morgan fingerprint density at radius 1 is 1.14 bits per heavy atom. The second kappa shape index (κ2) is 8.47. The van der Waals surface area contributed by atoms with E-state index in [0.29, 0.717) is 40.8 Å². The molecule has 146 valence electrons. The maximum absolute atomic E-state index is 12.8.